The van der Waals surface area contributed by atoms with E-state index in [9.17, 15) is 17.6 Å². The predicted molar refractivity (Wildman–Crippen MR) is 58.2 cm³/mol. The SMILES string of the molecule is CNC(CCC(F)(F)F)c1ccc(F)c(C)c1. The fourth-order valence-corrected chi connectivity index (χ4v) is 1.67. The molecule has 1 aromatic carbocycles. The first-order valence-corrected chi connectivity index (χ1v) is 5.33. The summed E-state index contributed by atoms with van der Waals surface area (Å²) in [7, 11) is 1.60. The largest absolute Gasteiger partial charge is 0.389 e. The van der Waals surface area contributed by atoms with Gasteiger partial charge in [0.25, 0.3) is 0 Å². The Morgan fingerprint density at radius 1 is 1.29 bits per heavy atom. The first-order valence-electron chi connectivity index (χ1n) is 5.33. The average molecular weight is 249 g/mol. The van der Waals surface area contributed by atoms with Crippen molar-refractivity contribution in [3.8, 4) is 0 Å². The molecule has 1 nitrogen and oxygen atoms in total. The lowest BCUT2D eigenvalue weighted by atomic mass is 10.00. The highest BCUT2D eigenvalue weighted by Gasteiger charge is 2.28. The van der Waals surface area contributed by atoms with Gasteiger partial charge in [-0.2, -0.15) is 13.2 Å². The summed E-state index contributed by atoms with van der Waals surface area (Å²) in [6.45, 7) is 1.59. The van der Waals surface area contributed by atoms with Crippen LogP contribution < -0.4 is 5.32 Å². The fraction of sp³-hybridized carbons (Fsp3) is 0.500. The zero-order valence-electron chi connectivity index (χ0n) is 9.74. The molecule has 0 heterocycles. The van der Waals surface area contributed by atoms with E-state index in [0.29, 0.717) is 11.1 Å². The number of halogens is 4. The molecule has 0 aliphatic rings. The molecule has 0 bridgehead atoms. The minimum Gasteiger partial charge on any atom is -0.313 e. The number of rotatable bonds is 4. The summed E-state index contributed by atoms with van der Waals surface area (Å²) in [4.78, 5) is 0. The molecular weight excluding hydrogens is 234 g/mol. The van der Waals surface area contributed by atoms with Crippen molar-refractivity contribution in [1.82, 2.24) is 5.32 Å². The molecule has 0 aromatic heterocycles. The molecule has 1 rings (SSSR count). The second-order valence-electron chi connectivity index (χ2n) is 4.00. The molecule has 17 heavy (non-hydrogen) atoms. The van der Waals surface area contributed by atoms with Crippen LogP contribution in [0, 0.1) is 12.7 Å². The molecule has 0 saturated carbocycles. The molecule has 1 unspecified atom stereocenters. The van der Waals surface area contributed by atoms with Gasteiger partial charge in [-0.3, -0.25) is 0 Å². The summed E-state index contributed by atoms with van der Waals surface area (Å²) in [5.41, 5.74) is 1.12. The van der Waals surface area contributed by atoms with Gasteiger partial charge >= 0.3 is 6.18 Å². The number of aryl methyl sites for hydroxylation is 1. The molecular formula is C12H15F4N. The predicted octanol–water partition coefficient (Wildman–Crippen LogP) is 3.74. The Bertz CT molecular complexity index is 373. The van der Waals surface area contributed by atoms with Crippen LogP contribution in [0.15, 0.2) is 18.2 Å². The summed E-state index contributed by atoms with van der Waals surface area (Å²) in [6, 6.07) is 3.96. The zero-order valence-corrected chi connectivity index (χ0v) is 9.74. The Hall–Kier alpha value is -1.10. The topological polar surface area (TPSA) is 12.0 Å². The highest BCUT2D eigenvalue weighted by atomic mass is 19.4. The summed E-state index contributed by atoms with van der Waals surface area (Å²) in [6.07, 6.45) is -5.07. The van der Waals surface area contributed by atoms with E-state index >= 15 is 0 Å². The first-order chi connectivity index (χ1) is 7.83. The van der Waals surface area contributed by atoms with E-state index in [2.05, 4.69) is 5.32 Å². The first kappa shape index (κ1) is 14.0. The second-order valence-corrected chi connectivity index (χ2v) is 4.00. The van der Waals surface area contributed by atoms with E-state index in [1.165, 1.54) is 12.1 Å². The third kappa shape index (κ3) is 4.34. The molecule has 96 valence electrons. The Morgan fingerprint density at radius 3 is 2.41 bits per heavy atom. The van der Waals surface area contributed by atoms with Crippen molar-refractivity contribution < 1.29 is 17.6 Å². The van der Waals surface area contributed by atoms with Crippen LogP contribution in [0.25, 0.3) is 0 Å². The van der Waals surface area contributed by atoms with Gasteiger partial charge < -0.3 is 5.32 Å². The summed E-state index contributed by atoms with van der Waals surface area (Å²) >= 11 is 0. The van der Waals surface area contributed by atoms with E-state index in [-0.39, 0.29) is 12.2 Å². The smallest absolute Gasteiger partial charge is 0.313 e. The van der Waals surface area contributed by atoms with Crippen molar-refractivity contribution in [3.63, 3.8) is 0 Å². The van der Waals surface area contributed by atoms with Gasteiger partial charge in [0, 0.05) is 12.5 Å². The molecule has 0 radical (unpaired) electrons. The number of alkyl halides is 3. The van der Waals surface area contributed by atoms with Crippen molar-refractivity contribution in [3.05, 3.63) is 35.1 Å². The average Bonchev–Trinajstić information content (AvgIpc) is 2.22. The molecule has 0 amide bonds. The number of hydrogen-bond acceptors (Lipinski definition) is 1. The highest BCUT2D eigenvalue weighted by Crippen LogP contribution is 2.28. The highest BCUT2D eigenvalue weighted by molar-refractivity contribution is 5.26. The van der Waals surface area contributed by atoms with Crippen LogP contribution in [-0.4, -0.2) is 13.2 Å². The normalized spacial score (nSPS) is 13.8. The Labute approximate surface area is 97.8 Å². The van der Waals surface area contributed by atoms with E-state index in [1.807, 2.05) is 0 Å². The van der Waals surface area contributed by atoms with Crippen LogP contribution in [0.5, 0.6) is 0 Å². The van der Waals surface area contributed by atoms with E-state index < -0.39 is 18.6 Å². The van der Waals surface area contributed by atoms with Crippen LogP contribution in [0.4, 0.5) is 17.6 Å². The third-order valence-corrected chi connectivity index (χ3v) is 2.65. The van der Waals surface area contributed by atoms with Crippen molar-refractivity contribution in [2.24, 2.45) is 0 Å². The Kier molecular flexibility index (Phi) is 4.51. The molecule has 5 heteroatoms. The molecule has 1 atom stereocenters. The van der Waals surface area contributed by atoms with Gasteiger partial charge in [-0.1, -0.05) is 12.1 Å². The third-order valence-electron chi connectivity index (χ3n) is 2.65. The summed E-state index contributed by atoms with van der Waals surface area (Å²) in [5.74, 6) is -0.348. The molecule has 0 spiro atoms. The molecule has 0 aliphatic heterocycles. The van der Waals surface area contributed by atoms with Gasteiger partial charge in [0.2, 0.25) is 0 Å². The molecule has 1 aromatic rings. The maximum absolute atomic E-state index is 13.0. The molecule has 0 fully saturated rings. The molecule has 0 saturated heterocycles. The molecule has 1 N–H and O–H groups in total. The summed E-state index contributed by atoms with van der Waals surface area (Å²) < 4.78 is 49.4. The zero-order chi connectivity index (χ0) is 13.1. The molecule has 0 aliphatic carbocycles. The standard InChI is InChI=1S/C12H15F4N/c1-8-7-9(3-4-10(8)13)11(17-2)5-6-12(14,15)16/h3-4,7,11,17H,5-6H2,1-2H3. The van der Waals surface area contributed by atoms with Crippen LogP contribution in [-0.2, 0) is 0 Å². The minimum atomic E-state index is -4.16. The van der Waals surface area contributed by atoms with Crippen molar-refractivity contribution in [2.45, 2.75) is 32.0 Å². The maximum atomic E-state index is 13.0. The van der Waals surface area contributed by atoms with Gasteiger partial charge in [0.05, 0.1) is 0 Å². The van der Waals surface area contributed by atoms with Gasteiger partial charge in [0.15, 0.2) is 0 Å². The van der Waals surface area contributed by atoms with Crippen molar-refractivity contribution in [1.29, 1.82) is 0 Å². The minimum absolute atomic E-state index is 0.0505. The maximum Gasteiger partial charge on any atom is 0.389 e. The summed E-state index contributed by atoms with van der Waals surface area (Å²) in [5, 5.41) is 2.82. The second kappa shape index (κ2) is 5.49. The monoisotopic (exact) mass is 249 g/mol. The van der Waals surface area contributed by atoms with E-state index in [4.69, 9.17) is 0 Å². The van der Waals surface area contributed by atoms with Crippen LogP contribution in [0.3, 0.4) is 0 Å². The van der Waals surface area contributed by atoms with Gasteiger partial charge in [-0.15, -0.1) is 0 Å². The quantitative estimate of drug-likeness (QED) is 0.801. The van der Waals surface area contributed by atoms with Gasteiger partial charge in [-0.05, 0) is 37.6 Å². The van der Waals surface area contributed by atoms with Crippen molar-refractivity contribution >= 4 is 0 Å². The lowest BCUT2D eigenvalue weighted by Crippen LogP contribution is -2.19. The van der Waals surface area contributed by atoms with E-state index in [1.54, 1.807) is 20.0 Å². The number of hydrogen-bond donors (Lipinski definition) is 1. The van der Waals surface area contributed by atoms with E-state index in [0.717, 1.165) is 0 Å². The van der Waals surface area contributed by atoms with Crippen LogP contribution in [0.1, 0.15) is 30.0 Å². The number of benzene rings is 1. The van der Waals surface area contributed by atoms with Gasteiger partial charge in [0.1, 0.15) is 5.82 Å². The van der Waals surface area contributed by atoms with Gasteiger partial charge in [-0.25, -0.2) is 4.39 Å². The lowest BCUT2D eigenvalue weighted by Gasteiger charge is -2.18. The lowest BCUT2D eigenvalue weighted by molar-refractivity contribution is -0.136. The Morgan fingerprint density at radius 2 is 1.94 bits per heavy atom. The van der Waals surface area contributed by atoms with Crippen molar-refractivity contribution in [2.75, 3.05) is 7.05 Å². The number of nitrogens with one attached hydrogen (secondary N) is 1. The van der Waals surface area contributed by atoms with Crippen LogP contribution in [0.2, 0.25) is 0 Å². The fourth-order valence-electron chi connectivity index (χ4n) is 1.67. The van der Waals surface area contributed by atoms with Crippen LogP contribution >= 0.6 is 0 Å². The Balaban J connectivity index is 2.76.